The largest absolute Gasteiger partial charge is 0.337 e. The number of thiophene rings is 1. The molecular weight excluding hydrogens is 356 g/mol. The number of hydrogen-bond acceptors (Lipinski definition) is 5. The van der Waals surface area contributed by atoms with Crippen LogP contribution in [-0.2, 0) is 25.7 Å². The van der Waals surface area contributed by atoms with Crippen LogP contribution in [0.3, 0.4) is 0 Å². The van der Waals surface area contributed by atoms with Crippen LogP contribution in [0.15, 0.2) is 36.9 Å². The Morgan fingerprint density at radius 2 is 1.89 bits per heavy atom. The van der Waals surface area contributed by atoms with Crippen LogP contribution in [0.1, 0.15) is 37.8 Å². The number of carbonyl (C=O) groups is 1. The molecule has 0 saturated heterocycles. The fourth-order valence-electron chi connectivity index (χ4n) is 4.08. The van der Waals surface area contributed by atoms with Gasteiger partial charge >= 0.3 is 0 Å². The van der Waals surface area contributed by atoms with Gasteiger partial charge in [0.05, 0.1) is 10.6 Å². The minimum atomic E-state index is 0.167. The molecule has 136 valence electrons. The lowest BCUT2D eigenvalue weighted by molar-refractivity contribution is 0.0767. The zero-order valence-electron chi connectivity index (χ0n) is 15.0. The third-order valence-electron chi connectivity index (χ3n) is 5.48. The molecule has 0 spiro atoms. The molecule has 3 aromatic heterocycles. The second kappa shape index (κ2) is 6.85. The molecule has 27 heavy (non-hydrogen) atoms. The summed E-state index contributed by atoms with van der Waals surface area (Å²) in [5.74, 6) is 0.167. The average molecular weight is 376 g/mol. The molecule has 0 unspecified atom stereocenters. The summed E-state index contributed by atoms with van der Waals surface area (Å²) in [7, 11) is 0. The van der Waals surface area contributed by atoms with E-state index < -0.39 is 0 Å². The molecule has 0 bridgehead atoms. The molecule has 6 heteroatoms. The Morgan fingerprint density at radius 3 is 2.74 bits per heavy atom. The number of carbonyl (C=O) groups excluding carboxylic acids is 1. The summed E-state index contributed by atoms with van der Waals surface area (Å²) in [6.07, 6.45) is 10.2. The lowest BCUT2D eigenvalue weighted by atomic mass is 10.0. The molecule has 2 aliphatic rings. The summed E-state index contributed by atoms with van der Waals surface area (Å²) in [6, 6.07) is 6.07. The normalized spacial score (nSPS) is 15.9. The van der Waals surface area contributed by atoms with Crippen LogP contribution in [0.4, 0.5) is 0 Å². The van der Waals surface area contributed by atoms with Gasteiger partial charge in [0.1, 0.15) is 6.33 Å². The van der Waals surface area contributed by atoms with E-state index in [0.717, 1.165) is 53.1 Å². The van der Waals surface area contributed by atoms with Crippen LogP contribution < -0.4 is 0 Å². The third kappa shape index (κ3) is 3.04. The van der Waals surface area contributed by atoms with Gasteiger partial charge in [0.25, 0.3) is 5.91 Å². The Balaban J connectivity index is 1.40. The molecule has 5 rings (SSSR count). The maximum atomic E-state index is 13.1. The first-order chi connectivity index (χ1) is 13.3. The highest BCUT2D eigenvalue weighted by Crippen LogP contribution is 2.32. The van der Waals surface area contributed by atoms with E-state index in [1.807, 2.05) is 17.0 Å². The fraction of sp³-hybridized carbons (Fsp3) is 0.333. The Kier molecular flexibility index (Phi) is 4.20. The van der Waals surface area contributed by atoms with Gasteiger partial charge in [0, 0.05) is 53.6 Å². The maximum absolute atomic E-state index is 13.1. The number of nitrogens with zero attached hydrogens (tertiary/aromatic N) is 4. The van der Waals surface area contributed by atoms with Gasteiger partial charge in [0.15, 0.2) is 0 Å². The molecule has 1 aliphatic carbocycles. The fourth-order valence-corrected chi connectivity index (χ4v) is 5.30. The summed E-state index contributed by atoms with van der Waals surface area (Å²) < 4.78 is 0. The number of aryl methyl sites for hydroxylation is 2. The molecule has 0 N–H and O–H groups in total. The average Bonchev–Trinajstić information content (AvgIpc) is 3.24. The van der Waals surface area contributed by atoms with Crippen molar-refractivity contribution in [1.29, 1.82) is 0 Å². The van der Waals surface area contributed by atoms with E-state index in [2.05, 4.69) is 21.0 Å². The second-order valence-electron chi connectivity index (χ2n) is 7.09. The molecule has 0 aromatic carbocycles. The molecule has 1 amide bonds. The van der Waals surface area contributed by atoms with E-state index in [4.69, 9.17) is 0 Å². The van der Waals surface area contributed by atoms with Crippen molar-refractivity contribution in [2.24, 2.45) is 0 Å². The van der Waals surface area contributed by atoms with Crippen molar-refractivity contribution < 1.29 is 4.79 Å². The SMILES string of the molecule is O=C(c1cc2c(s1)CCC2)N1CCc2ncnc(-c3ccncc3)c2CC1. The van der Waals surface area contributed by atoms with Crippen molar-refractivity contribution in [2.75, 3.05) is 13.1 Å². The minimum absolute atomic E-state index is 0.167. The summed E-state index contributed by atoms with van der Waals surface area (Å²) in [5, 5.41) is 0. The van der Waals surface area contributed by atoms with Gasteiger partial charge in [-0.05, 0) is 49.4 Å². The summed E-state index contributed by atoms with van der Waals surface area (Å²) in [4.78, 5) is 30.5. The van der Waals surface area contributed by atoms with Crippen molar-refractivity contribution in [3.05, 3.63) is 63.5 Å². The van der Waals surface area contributed by atoms with E-state index in [9.17, 15) is 4.79 Å². The van der Waals surface area contributed by atoms with Crippen molar-refractivity contribution in [1.82, 2.24) is 19.9 Å². The molecule has 5 nitrogen and oxygen atoms in total. The number of amides is 1. The zero-order chi connectivity index (χ0) is 18.2. The molecule has 0 saturated carbocycles. The molecule has 0 atom stereocenters. The van der Waals surface area contributed by atoms with Crippen LogP contribution >= 0.6 is 11.3 Å². The highest BCUT2D eigenvalue weighted by atomic mass is 32.1. The number of aromatic nitrogens is 3. The molecule has 1 aliphatic heterocycles. The summed E-state index contributed by atoms with van der Waals surface area (Å²) in [6.45, 7) is 1.42. The lowest BCUT2D eigenvalue weighted by Gasteiger charge is -2.19. The second-order valence-corrected chi connectivity index (χ2v) is 8.22. The Bertz CT molecular complexity index is 977. The lowest BCUT2D eigenvalue weighted by Crippen LogP contribution is -2.32. The van der Waals surface area contributed by atoms with E-state index in [0.29, 0.717) is 13.1 Å². The van der Waals surface area contributed by atoms with Gasteiger partial charge in [-0.15, -0.1) is 11.3 Å². The van der Waals surface area contributed by atoms with E-state index in [-0.39, 0.29) is 5.91 Å². The molecular formula is C21H20N4OS. The first-order valence-electron chi connectivity index (χ1n) is 9.43. The van der Waals surface area contributed by atoms with Gasteiger partial charge in [-0.2, -0.15) is 0 Å². The van der Waals surface area contributed by atoms with Gasteiger partial charge in [0.2, 0.25) is 0 Å². The number of hydrogen-bond donors (Lipinski definition) is 0. The summed E-state index contributed by atoms with van der Waals surface area (Å²) >= 11 is 1.69. The minimum Gasteiger partial charge on any atom is -0.337 e. The maximum Gasteiger partial charge on any atom is 0.263 e. The zero-order valence-corrected chi connectivity index (χ0v) is 15.8. The standard InChI is InChI=1S/C21H20N4OS/c26-21(19-12-15-2-1-3-18(15)27-19)25-10-6-16-17(7-11-25)23-13-24-20(16)14-4-8-22-9-5-14/h4-5,8-9,12-13H,1-3,6-7,10-11H2. The van der Waals surface area contributed by atoms with Crippen molar-refractivity contribution in [3.8, 4) is 11.3 Å². The van der Waals surface area contributed by atoms with Crippen molar-refractivity contribution >= 4 is 17.2 Å². The van der Waals surface area contributed by atoms with Crippen LogP contribution in [0.5, 0.6) is 0 Å². The first kappa shape index (κ1) is 16.6. The van der Waals surface area contributed by atoms with Crippen LogP contribution in [0, 0.1) is 0 Å². The van der Waals surface area contributed by atoms with E-state index in [1.54, 1.807) is 30.1 Å². The smallest absolute Gasteiger partial charge is 0.263 e. The molecule has 3 aromatic rings. The molecule has 0 radical (unpaired) electrons. The number of pyridine rings is 1. The van der Waals surface area contributed by atoms with Gasteiger partial charge in [-0.3, -0.25) is 9.78 Å². The van der Waals surface area contributed by atoms with Gasteiger partial charge in [-0.1, -0.05) is 0 Å². The van der Waals surface area contributed by atoms with Crippen molar-refractivity contribution in [2.45, 2.75) is 32.1 Å². The quantitative estimate of drug-likeness (QED) is 0.688. The molecule has 4 heterocycles. The van der Waals surface area contributed by atoms with Crippen LogP contribution in [0.2, 0.25) is 0 Å². The highest BCUT2D eigenvalue weighted by molar-refractivity contribution is 7.14. The highest BCUT2D eigenvalue weighted by Gasteiger charge is 2.25. The monoisotopic (exact) mass is 376 g/mol. The van der Waals surface area contributed by atoms with E-state index in [1.165, 1.54) is 16.9 Å². The third-order valence-corrected chi connectivity index (χ3v) is 6.71. The van der Waals surface area contributed by atoms with Crippen molar-refractivity contribution in [3.63, 3.8) is 0 Å². The van der Waals surface area contributed by atoms with Crippen LogP contribution in [-0.4, -0.2) is 38.8 Å². The summed E-state index contributed by atoms with van der Waals surface area (Å²) in [5.41, 5.74) is 5.62. The van der Waals surface area contributed by atoms with Crippen LogP contribution in [0.25, 0.3) is 11.3 Å². The predicted octanol–water partition coefficient (Wildman–Crippen LogP) is 3.33. The Hall–Kier alpha value is -2.60. The van der Waals surface area contributed by atoms with Gasteiger partial charge in [-0.25, -0.2) is 9.97 Å². The number of fused-ring (bicyclic) bond motifs is 2. The van der Waals surface area contributed by atoms with E-state index >= 15 is 0 Å². The van der Waals surface area contributed by atoms with Gasteiger partial charge < -0.3 is 4.90 Å². The topological polar surface area (TPSA) is 59.0 Å². The first-order valence-corrected chi connectivity index (χ1v) is 10.3. The predicted molar refractivity (Wildman–Crippen MR) is 105 cm³/mol. The Morgan fingerprint density at radius 1 is 1.04 bits per heavy atom. The Labute approximate surface area is 162 Å². The number of rotatable bonds is 2. The molecule has 0 fully saturated rings.